The Labute approximate surface area is 143 Å². The molecule has 130 valence electrons. The second-order valence-electron chi connectivity index (χ2n) is 6.57. The average Bonchev–Trinajstić information content (AvgIpc) is 2.61. The third-order valence-corrected chi connectivity index (χ3v) is 4.91. The molecule has 0 aromatic heterocycles. The smallest absolute Gasteiger partial charge is 0.264 e. The Morgan fingerprint density at radius 1 is 1.21 bits per heavy atom. The second kappa shape index (κ2) is 9.54. The van der Waals surface area contributed by atoms with Crippen LogP contribution < -0.4 is 0 Å². The summed E-state index contributed by atoms with van der Waals surface area (Å²) in [7, 11) is 0. The first-order valence-electron chi connectivity index (χ1n) is 8.63. The van der Waals surface area contributed by atoms with Gasteiger partial charge in [-0.2, -0.15) is 5.26 Å². The van der Waals surface area contributed by atoms with Crippen LogP contribution in [0.2, 0.25) is 0 Å². The maximum Gasteiger partial charge on any atom is 0.264 e. The van der Waals surface area contributed by atoms with E-state index in [1.54, 1.807) is 24.3 Å². The minimum atomic E-state index is -2.46. The van der Waals surface area contributed by atoms with Crippen LogP contribution in [0.4, 0.5) is 8.78 Å². The van der Waals surface area contributed by atoms with Gasteiger partial charge in [-0.25, -0.2) is 8.78 Å². The van der Waals surface area contributed by atoms with Crippen molar-refractivity contribution in [1.29, 1.82) is 5.26 Å². The number of allylic oxidation sites excluding steroid dienone is 1. The fraction of sp³-hybridized carbons (Fsp3) is 0.550. The number of rotatable bonds is 8. The van der Waals surface area contributed by atoms with Crippen molar-refractivity contribution in [2.45, 2.75) is 57.7 Å². The van der Waals surface area contributed by atoms with Crippen LogP contribution in [0.15, 0.2) is 36.9 Å². The number of nitriles is 1. The van der Waals surface area contributed by atoms with Crippen molar-refractivity contribution in [3.63, 3.8) is 0 Å². The van der Waals surface area contributed by atoms with E-state index < -0.39 is 12.5 Å². The van der Waals surface area contributed by atoms with Gasteiger partial charge in [-0.1, -0.05) is 31.1 Å². The normalized spacial score (nSPS) is 22.1. The summed E-state index contributed by atoms with van der Waals surface area (Å²) in [6.07, 6.45) is 4.21. The zero-order chi connectivity index (χ0) is 17.4. The zero-order valence-corrected chi connectivity index (χ0v) is 14.0. The minimum Gasteiger partial charge on any atom is -0.367 e. The lowest BCUT2D eigenvalue weighted by atomic mass is 9.77. The van der Waals surface area contributed by atoms with Crippen LogP contribution in [0.5, 0.6) is 0 Å². The summed E-state index contributed by atoms with van der Waals surface area (Å²) in [5, 5.41) is 8.78. The van der Waals surface area contributed by atoms with E-state index in [9.17, 15) is 8.78 Å². The maximum absolute atomic E-state index is 13.4. The molecule has 0 heterocycles. The van der Waals surface area contributed by atoms with Crippen molar-refractivity contribution in [2.24, 2.45) is 11.8 Å². The highest BCUT2D eigenvalue weighted by Crippen LogP contribution is 2.36. The summed E-state index contributed by atoms with van der Waals surface area (Å²) in [4.78, 5) is 0. The number of halogens is 2. The Morgan fingerprint density at radius 2 is 1.88 bits per heavy atom. The second-order valence-corrected chi connectivity index (χ2v) is 6.57. The molecular formula is C20H25F2NO. The average molecular weight is 333 g/mol. The predicted octanol–water partition coefficient (Wildman–Crippen LogP) is 5.48. The molecule has 1 aromatic rings. The highest BCUT2D eigenvalue weighted by molar-refractivity contribution is 5.31. The first kappa shape index (κ1) is 18.6. The van der Waals surface area contributed by atoms with Crippen molar-refractivity contribution in [3.05, 3.63) is 48.0 Å². The van der Waals surface area contributed by atoms with Gasteiger partial charge in [0.2, 0.25) is 0 Å². The van der Waals surface area contributed by atoms with E-state index in [4.69, 9.17) is 10.00 Å². The lowest BCUT2D eigenvalue weighted by Crippen LogP contribution is -2.34. The molecule has 0 radical (unpaired) electrons. The first-order valence-corrected chi connectivity index (χ1v) is 8.63. The zero-order valence-electron chi connectivity index (χ0n) is 14.0. The Kier molecular flexibility index (Phi) is 7.39. The highest BCUT2D eigenvalue weighted by atomic mass is 19.3. The number of nitrogens with zero attached hydrogens (tertiary/aromatic N) is 1. The van der Waals surface area contributed by atoms with Crippen molar-refractivity contribution >= 4 is 0 Å². The van der Waals surface area contributed by atoms with Gasteiger partial charge in [-0.05, 0) is 55.2 Å². The lowest BCUT2D eigenvalue weighted by molar-refractivity contribution is -0.102. The van der Waals surface area contributed by atoms with E-state index in [-0.39, 0.29) is 12.5 Å². The predicted molar refractivity (Wildman–Crippen MR) is 90.6 cm³/mol. The van der Waals surface area contributed by atoms with Crippen LogP contribution in [-0.4, -0.2) is 12.5 Å². The molecule has 1 atom stereocenters. The summed E-state index contributed by atoms with van der Waals surface area (Å²) < 4.78 is 32.4. The van der Waals surface area contributed by atoms with Gasteiger partial charge in [0.05, 0.1) is 18.2 Å². The van der Waals surface area contributed by atoms with Crippen LogP contribution in [-0.2, 0) is 11.3 Å². The Bertz CT molecular complexity index is 542. The Morgan fingerprint density at radius 3 is 2.42 bits per heavy atom. The fourth-order valence-corrected chi connectivity index (χ4v) is 3.44. The van der Waals surface area contributed by atoms with E-state index in [1.165, 1.54) is 0 Å². The number of ether oxygens (including phenoxy) is 1. The largest absolute Gasteiger partial charge is 0.367 e. The van der Waals surface area contributed by atoms with Crippen molar-refractivity contribution in [3.8, 4) is 6.07 Å². The van der Waals surface area contributed by atoms with Crippen molar-refractivity contribution < 1.29 is 13.5 Å². The van der Waals surface area contributed by atoms with E-state index in [1.807, 2.05) is 12.1 Å². The molecule has 2 rings (SSSR count). The maximum atomic E-state index is 13.4. The van der Waals surface area contributed by atoms with Gasteiger partial charge in [0.15, 0.2) is 0 Å². The monoisotopic (exact) mass is 333 g/mol. The van der Waals surface area contributed by atoms with Gasteiger partial charge >= 0.3 is 0 Å². The molecule has 1 aliphatic rings. The molecule has 1 fully saturated rings. The van der Waals surface area contributed by atoms with Gasteiger partial charge in [0.25, 0.3) is 6.43 Å². The summed E-state index contributed by atoms with van der Waals surface area (Å²) in [5.41, 5.74) is 1.38. The van der Waals surface area contributed by atoms with Gasteiger partial charge in [0, 0.05) is 0 Å². The molecule has 0 N–H and O–H groups in total. The molecule has 0 saturated heterocycles. The number of hydrogen-bond acceptors (Lipinski definition) is 2. The van der Waals surface area contributed by atoms with E-state index in [2.05, 4.69) is 6.58 Å². The molecule has 1 saturated carbocycles. The third kappa shape index (κ3) is 5.42. The topological polar surface area (TPSA) is 33.0 Å². The highest BCUT2D eigenvalue weighted by Gasteiger charge is 2.33. The molecule has 24 heavy (non-hydrogen) atoms. The summed E-state index contributed by atoms with van der Waals surface area (Å²) in [5.74, 6) is 0.569. The van der Waals surface area contributed by atoms with Crippen LogP contribution in [0.25, 0.3) is 0 Å². The van der Waals surface area contributed by atoms with E-state index >= 15 is 0 Å². The Balaban J connectivity index is 1.85. The van der Waals surface area contributed by atoms with E-state index in [0.717, 1.165) is 44.1 Å². The molecule has 1 unspecified atom stereocenters. The van der Waals surface area contributed by atoms with E-state index in [0.29, 0.717) is 11.5 Å². The number of alkyl halides is 2. The number of hydrogen-bond donors (Lipinski definition) is 0. The number of benzene rings is 1. The molecule has 4 heteroatoms. The van der Waals surface area contributed by atoms with Crippen LogP contribution >= 0.6 is 0 Å². The molecule has 0 aliphatic heterocycles. The standard InChI is InChI=1S/C20H25F2NO/c1-2-3-4-15-9-11-18(12-10-15)19(20(21)22)24-14-17-7-5-16(13-23)6-8-17/h2,5-8,15,18-20H,1,3-4,9-12,14H2. The van der Waals surface area contributed by atoms with Crippen LogP contribution in [0.3, 0.4) is 0 Å². The molecule has 1 aliphatic carbocycles. The van der Waals surface area contributed by atoms with Gasteiger partial charge in [-0.15, -0.1) is 6.58 Å². The lowest BCUT2D eigenvalue weighted by Gasteiger charge is -2.33. The molecule has 0 amide bonds. The molecular weight excluding hydrogens is 308 g/mol. The van der Waals surface area contributed by atoms with Crippen LogP contribution in [0.1, 0.15) is 49.7 Å². The summed E-state index contributed by atoms with van der Waals surface area (Å²) in [6.45, 7) is 3.90. The summed E-state index contributed by atoms with van der Waals surface area (Å²) >= 11 is 0. The van der Waals surface area contributed by atoms with Crippen molar-refractivity contribution in [1.82, 2.24) is 0 Å². The molecule has 2 nitrogen and oxygen atoms in total. The Hall–Kier alpha value is -1.73. The quantitative estimate of drug-likeness (QED) is 0.590. The fourth-order valence-electron chi connectivity index (χ4n) is 3.44. The van der Waals surface area contributed by atoms with Crippen LogP contribution in [0, 0.1) is 23.2 Å². The summed E-state index contributed by atoms with van der Waals surface area (Å²) in [6, 6.07) is 8.92. The first-order chi connectivity index (χ1) is 11.6. The third-order valence-electron chi connectivity index (χ3n) is 4.91. The van der Waals surface area contributed by atoms with Gasteiger partial charge in [-0.3, -0.25) is 0 Å². The molecule has 0 bridgehead atoms. The van der Waals surface area contributed by atoms with Gasteiger partial charge in [0.1, 0.15) is 6.10 Å². The van der Waals surface area contributed by atoms with Crippen molar-refractivity contribution in [2.75, 3.05) is 0 Å². The molecule has 0 spiro atoms. The minimum absolute atomic E-state index is 0.0663. The van der Waals surface area contributed by atoms with Gasteiger partial charge < -0.3 is 4.74 Å². The SMILES string of the molecule is C=CCCC1CCC(C(OCc2ccc(C#N)cc2)C(F)F)CC1. The molecule has 1 aromatic carbocycles.